The molecular weight excluding hydrogens is 224 g/mol. The lowest BCUT2D eigenvalue weighted by Crippen LogP contribution is -2.66. The van der Waals surface area contributed by atoms with E-state index in [1.165, 1.54) is 12.8 Å². The van der Waals surface area contributed by atoms with Crippen molar-refractivity contribution in [2.75, 3.05) is 26.8 Å². The molecule has 0 aliphatic carbocycles. The minimum Gasteiger partial charge on any atom is -0.383 e. The standard InChI is InChI=1S/C15H32N2O/c1-7-12(3)14-9-17(13(4)10-18-6)15(5,8-2)11-16-14/h12-14,16H,7-11H2,1-6H3. The van der Waals surface area contributed by atoms with Crippen molar-refractivity contribution in [1.82, 2.24) is 10.2 Å². The first-order chi connectivity index (χ1) is 8.48. The van der Waals surface area contributed by atoms with Crippen LogP contribution in [0.4, 0.5) is 0 Å². The van der Waals surface area contributed by atoms with Crippen molar-refractivity contribution in [3.05, 3.63) is 0 Å². The lowest BCUT2D eigenvalue weighted by molar-refractivity contribution is -0.0190. The van der Waals surface area contributed by atoms with E-state index in [9.17, 15) is 0 Å². The third-order valence-corrected chi connectivity index (χ3v) is 4.86. The number of nitrogens with zero attached hydrogens (tertiary/aromatic N) is 1. The van der Waals surface area contributed by atoms with Crippen LogP contribution in [0.5, 0.6) is 0 Å². The minimum absolute atomic E-state index is 0.266. The summed E-state index contributed by atoms with van der Waals surface area (Å²) < 4.78 is 5.35. The van der Waals surface area contributed by atoms with E-state index in [0.29, 0.717) is 12.1 Å². The molecule has 4 atom stereocenters. The van der Waals surface area contributed by atoms with Gasteiger partial charge >= 0.3 is 0 Å². The van der Waals surface area contributed by atoms with Crippen LogP contribution in [0, 0.1) is 5.92 Å². The van der Waals surface area contributed by atoms with Crippen molar-refractivity contribution >= 4 is 0 Å². The van der Waals surface area contributed by atoms with Gasteiger partial charge in [-0.05, 0) is 26.2 Å². The number of hydrogen-bond acceptors (Lipinski definition) is 3. The van der Waals surface area contributed by atoms with E-state index in [1.807, 2.05) is 0 Å². The third-order valence-electron chi connectivity index (χ3n) is 4.86. The fourth-order valence-corrected chi connectivity index (χ4v) is 2.99. The summed E-state index contributed by atoms with van der Waals surface area (Å²) in [7, 11) is 1.80. The van der Waals surface area contributed by atoms with E-state index in [2.05, 4.69) is 44.8 Å². The number of rotatable bonds is 6. The Morgan fingerprint density at radius 1 is 1.39 bits per heavy atom. The van der Waals surface area contributed by atoms with Crippen LogP contribution in [-0.4, -0.2) is 49.3 Å². The molecule has 1 N–H and O–H groups in total. The van der Waals surface area contributed by atoms with E-state index in [4.69, 9.17) is 4.74 Å². The molecule has 1 rings (SSSR count). The zero-order valence-corrected chi connectivity index (χ0v) is 13.1. The van der Waals surface area contributed by atoms with Crippen molar-refractivity contribution in [3.63, 3.8) is 0 Å². The Labute approximate surface area is 113 Å². The Bertz CT molecular complexity index is 247. The Hall–Kier alpha value is -0.120. The van der Waals surface area contributed by atoms with Gasteiger partial charge in [0.25, 0.3) is 0 Å². The van der Waals surface area contributed by atoms with Gasteiger partial charge in [0.05, 0.1) is 6.61 Å². The molecule has 1 fully saturated rings. The van der Waals surface area contributed by atoms with Gasteiger partial charge in [-0.3, -0.25) is 4.90 Å². The summed E-state index contributed by atoms with van der Waals surface area (Å²) >= 11 is 0. The molecule has 0 saturated carbocycles. The van der Waals surface area contributed by atoms with E-state index in [1.54, 1.807) is 7.11 Å². The van der Waals surface area contributed by atoms with Gasteiger partial charge in [0.15, 0.2) is 0 Å². The van der Waals surface area contributed by atoms with Crippen molar-refractivity contribution in [2.24, 2.45) is 5.92 Å². The topological polar surface area (TPSA) is 24.5 Å². The Morgan fingerprint density at radius 2 is 2.06 bits per heavy atom. The highest BCUT2D eigenvalue weighted by atomic mass is 16.5. The van der Waals surface area contributed by atoms with Crippen LogP contribution in [0.25, 0.3) is 0 Å². The van der Waals surface area contributed by atoms with Crippen LogP contribution in [0.3, 0.4) is 0 Å². The molecule has 3 heteroatoms. The summed E-state index contributed by atoms with van der Waals surface area (Å²) in [5, 5.41) is 3.76. The number of methoxy groups -OCH3 is 1. The van der Waals surface area contributed by atoms with Gasteiger partial charge in [-0.15, -0.1) is 0 Å². The quantitative estimate of drug-likeness (QED) is 0.790. The van der Waals surface area contributed by atoms with Crippen LogP contribution in [0.2, 0.25) is 0 Å². The van der Waals surface area contributed by atoms with Crippen molar-refractivity contribution in [1.29, 1.82) is 0 Å². The number of piperazine rings is 1. The van der Waals surface area contributed by atoms with E-state index in [-0.39, 0.29) is 5.54 Å². The molecule has 0 radical (unpaired) electrons. The maximum Gasteiger partial charge on any atom is 0.0615 e. The molecule has 4 unspecified atom stereocenters. The van der Waals surface area contributed by atoms with Crippen LogP contribution >= 0.6 is 0 Å². The fourth-order valence-electron chi connectivity index (χ4n) is 2.99. The van der Waals surface area contributed by atoms with Crippen LogP contribution < -0.4 is 5.32 Å². The van der Waals surface area contributed by atoms with E-state index in [0.717, 1.165) is 25.6 Å². The molecule has 0 spiro atoms. The minimum atomic E-state index is 0.266. The van der Waals surface area contributed by atoms with E-state index < -0.39 is 0 Å². The van der Waals surface area contributed by atoms with Gasteiger partial charge in [-0.1, -0.05) is 27.2 Å². The summed E-state index contributed by atoms with van der Waals surface area (Å²) in [6.07, 6.45) is 2.42. The van der Waals surface area contributed by atoms with Gasteiger partial charge < -0.3 is 10.1 Å². The Balaban J connectivity index is 2.76. The van der Waals surface area contributed by atoms with Gasteiger partial charge in [0.1, 0.15) is 0 Å². The molecule has 1 heterocycles. The second-order valence-corrected chi connectivity index (χ2v) is 6.18. The average Bonchev–Trinajstić information content (AvgIpc) is 2.38. The Kier molecular flexibility index (Phi) is 6.09. The molecule has 0 bridgehead atoms. The van der Waals surface area contributed by atoms with Gasteiger partial charge in [0, 0.05) is 37.8 Å². The first-order valence-corrected chi connectivity index (χ1v) is 7.47. The largest absolute Gasteiger partial charge is 0.383 e. The smallest absolute Gasteiger partial charge is 0.0615 e. The third kappa shape index (κ3) is 3.46. The predicted octanol–water partition coefficient (Wildman–Crippen LogP) is 2.51. The highest BCUT2D eigenvalue weighted by Gasteiger charge is 2.39. The summed E-state index contributed by atoms with van der Waals surface area (Å²) in [4.78, 5) is 2.66. The molecule has 18 heavy (non-hydrogen) atoms. The summed E-state index contributed by atoms with van der Waals surface area (Å²) in [6.45, 7) is 14.6. The lowest BCUT2D eigenvalue weighted by atomic mass is 9.87. The fraction of sp³-hybridized carbons (Fsp3) is 1.00. The molecule has 0 aromatic carbocycles. The average molecular weight is 256 g/mol. The SMILES string of the molecule is CCC(C)C1CN(C(C)COC)C(C)(CC)CN1. The van der Waals surface area contributed by atoms with E-state index >= 15 is 0 Å². The summed E-state index contributed by atoms with van der Waals surface area (Å²) in [6, 6.07) is 1.11. The Morgan fingerprint density at radius 3 is 2.56 bits per heavy atom. The molecule has 1 saturated heterocycles. The molecule has 108 valence electrons. The second-order valence-electron chi connectivity index (χ2n) is 6.18. The summed E-state index contributed by atoms with van der Waals surface area (Å²) in [5.41, 5.74) is 0.266. The van der Waals surface area contributed by atoms with Crippen molar-refractivity contribution < 1.29 is 4.74 Å². The molecule has 1 aliphatic rings. The van der Waals surface area contributed by atoms with Crippen molar-refractivity contribution in [3.8, 4) is 0 Å². The number of nitrogens with one attached hydrogen (secondary N) is 1. The van der Waals surface area contributed by atoms with Crippen LogP contribution in [-0.2, 0) is 4.74 Å². The molecule has 0 aromatic heterocycles. The monoisotopic (exact) mass is 256 g/mol. The van der Waals surface area contributed by atoms with Gasteiger partial charge in [-0.25, -0.2) is 0 Å². The van der Waals surface area contributed by atoms with Crippen LogP contribution in [0.1, 0.15) is 47.5 Å². The van der Waals surface area contributed by atoms with Crippen LogP contribution in [0.15, 0.2) is 0 Å². The van der Waals surface area contributed by atoms with Crippen molar-refractivity contribution in [2.45, 2.75) is 65.1 Å². The highest BCUT2D eigenvalue weighted by molar-refractivity contribution is 4.98. The normalized spacial score (nSPS) is 33.3. The molecule has 0 amide bonds. The maximum atomic E-state index is 5.35. The zero-order valence-electron chi connectivity index (χ0n) is 13.1. The summed E-state index contributed by atoms with van der Waals surface area (Å²) in [5.74, 6) is 0.739. The predicted molar refractivity (Wildman–Crippen MR) is 78.0 cm³/mol. The lowest BCUT2D eigenvalue weighted by Gasteiger charge is -2.51. The highest BCUT2D eigenvalue weighted by Crippen LogP contribution is 2.27. The molecule has 1 aliphatic heterocycles. The molecule has 0 aromatic rings. The van der Waals surface area contributed by atoms with Gasteiger partial charge in [-0.2, -0.15) is 0 Å². The zero-order chi connectivity index (χ0) is 13.8. The maximum absolute atomic E-state index is 5.35. The first-order valence-electron chi connectivity index (χ1n) is 7.47. The van der Waals surface area contributed by atoms with Gasteiger partial charge in [0.2, 0.25) is 0 Å². The molecular formula is C15H32N2O. The molecule has 3 nitrogen and oxygen atoms in total. The second kappa shape index (κ2) is 6.88. The first kappa shape index (κ1) is 15.9. The number of hydrogen-bond donors (Lipinski definition) is 1. The number of ether oxygens (including phenoxy) is 1.